The van der Waals surface area contributed by atoms with Gasteiger partial charge in [-0.1, -0.05) is 12.1 Å². The van der Waals surface area contributed by atoms with Gasteiger partial charge in [0, 0.05) is 6.42 Å². The molecule has 0 fully saturated rings. The maximum absolute atomic E-state index is 11.2. The van der Waals surface area contributed by atoms with E-state index in [9.17, 15) is 9.59 Å². The number of methoxy groups -OCH3 is 1. The maximum atomic E-state index is 11.2. The summed E-state index contributed by atoms with van der Waals surface area (Å²) in [4.78, 5) is 22.2. The molecule has 4 heteroatoms. The van der Waals surface area contributed by atoms with Crippen LogP contribution in [0.5, 0.6) is 0 Å². The minimum absolute atomic E-state index is 0.0675. The van der Waals surface area contributed by atoms with Crippen molar-refractivity contribution in [2.24, 2.45) is 0 Å². The number of ether oxygens (including phenoxy) is 1. The van der Waals surface area contributed by atoms with Crippen molar-refractivity contribution in [2.75, 3.05) is 13.0 Å². The molecule has 17 heavy (non-hydrogen) atoms. The fourth-order valence-electron chi connectivity index (χ4n) is 1.48. The summed E-state index contributed by atoms with van der Waals surface area (Å²) in [5, 5.41) is 0. The second kappa shape index (κ2) is 7.07. The highest BCUT2D eigenvalue weighted by atomic mass is 35.5. The van der Waals surface area contributed by atoms with E-state index in [0.717, 1.165) is 18.4 Å². The zero-order valence-electron chi connectivity index (χ0n) is 9.74. The Balaban J connectivity index is 2.46. The molecule has 0 radical (unpaired) electrons. The van der Waals surface area contributed by atoms with Crippen LogP contribution in [-0.4, -0.2) is 24.7 Å². The summed E-state index contributed by atoms with van der Waals surface area (Å²) in [6.07, 6.45) is 2.09. The lowest BCUT2D eigenvalue weighted by atomic mass is 10.1. The predicted molar refractivity (Wildman–Crippen MR) is 66.4 cm³/mol. The Kier molecular flexibility index (Phi) is 5.70. The Morgan fingerprint density at radius 1 is 1.24 bits per heavy atom. The van der Waals surface area contributed by atoms with Gasteiger partial charge in [-0.05, 0) is 30.5 Å². The number of ketones is 1. The number of carbonyl (C=O) groups excluding carboxylic acids is 2. The molecule has 0 unspecified atom stereocenters. The van der Waals surface area contributed by atoms with Crippen molar-refractivity contribution >= 4 is 23.4 Å². The third kappa shape index (κ3) is 4.57. The molecule has 0 spiro atoms. The summed E-state index contributed by atoms with van der Waals surface area (Å²) in [6, 6.07) is 7.20. The number of hydrogen-bond donors (Lipinski definition) is 0. The van der Waals surface area contributed by atoms with Crippen molar-refractivity contribution in [1.82, 2.24) is 0 Å². The first-order chi connectivity index (χ1) is 8.17. The largest absolute Gasteiger partial charge is 0.465 e. The van der Waals surface area contributed by atoms with Gasteiger partial charge in [0.05, 0.1) is 18.6 Å². The van der Waals surface area contributed by atoms with Gasteiger partial charge < -0.3 is 4.74 Å². The molecule has 1 aromatic carbocycles. The normalized spacial score (nSPS) is 10.0. The first kappa shape index (κ1) is 13.7. The second-order valence-corrected chi connectivity index (χ2v) is 3.98. The van der Waals surface area contributed by atoms with Gasteiger partial charge in [0.25, 0.3) is 0 Å². The molecule has 0 bridgehead atoms. The Hall–Kier alpha value is -1.35. The molecule has 0 heterocycles. The number of hydrogen-bond acceptors (Lipinski definition) is 3. The Bertz CT molecular complexity index is 384. The smallest absolute Gasteiger partial charge is 0.337 e. The molecule has 0 N–H and O–H groups in total. The number of Topliss-reactive ketones (excluding diaryl/α,β-unsaturated/α-hetero) is 1. The SMILES string of the molecule is COC(=O)c1ccc(CCCC(=O)CCl)cc1. The van der Waals surface area contributed by atoms with Gasteiger partial charge in [-0.25, -0.2) is 4.79 Å². The number of rotatable bonds is 6. The summed E-state index contributed by atoms with van der Waals surface area (Å²) in [5.74, 6) is -0.187. The number of aryl methyl sites for hydroxylation is 1. The molecular formula is C13H15ClO3. The third-order valence-electron chi connectivity index (χ3n) is 2.45. The highest BCUT2D eigenvalue weighted by Gasteiger charge is 2.04. The van der Waals surface area contributed by atoms with Crippen molar-refractivity contribution < 1.29 is 14.3 Å². The lowest BCUT2D eigenvalue weighted by Gasteiger charge is -2.02. The van der Waals surface area contributed by atoms with E-state index < -0.39 is 0 Å². The van der Waals surface area contributed by atoms with E-state index >= 15 is 0 Å². The summed E-state index contributed by atoms with van der Waals surface area (Å²) in [5.41, 5.74) is 1.63. The molecule has 0 amide bonds. The number of benzene rings is 1. The molecule has 1 rings (SSSR count). The Morgan fingerprint density at radius 2 is 1.88 bits per heavy atom. The monoisotopic (exact) mass is 254 g/mol. The van der Waals surface area contributed by atoms with Crippen LogP contribution in [0.25, 0.3) is 0 Å². The first-order valence-electron chi connectivity index (χ1n) is 5.42. The first-order valence-corrected chi connectivity index (χ1v) is 5.95. The second-order valence-electron chi connectivity index (χ2n) is 3.71. The average molecular weight is 255 g/mol. The van der Waals surface area contributed by atoms with E-state index in [1.54, 1.807) is 12.1 Å². The maximum Gasteiger partial charge on any atom is 0.337 e. The van der Waals surface area contributed by atoms with Crippen molar-refractivity contribution in [1.29, 1.82) is 0 Å². The van der Waals surface area contributed by atoms with E-state index in [-0.39, 0.29) is 17.6 Å². The van der Waals surface area contributed by atoms with E-state index in [1.165, 1.54) is 7.11 Å². The molecule has 0 aliphatic rings. The third-order valence-corrected chi connectivity index (χ3v) is 2.74. The van der Waals surface area contributed by atoms with Gasteiger partial charge in [0.1, 0.15) is 5.78 Å². The van der Waals surface area contributed by atoms with E-state index in [4.69, 9.17) is 11.6 Å². The number of carbonyl (C=O) groups is 2. The molecule has 92 valence electrons. The van der Waals surface area contributed by atoms with Crippen LogP contribution in [0.1, 0.15) is 28.8 Å². The van der Waals surface area contributed by atoms with Crippen molar-refractivity contribution in [3.8, 4) is 0 Å². The minimum atomic E-state index is -0.339. The summed E-state index contributed by atoms with van der Waals surface area (Å²) < 4.78 is 4.61. The van der Waals surface area contributed by atoms with Crippen LogP contribution in [-0.2, 0) is 16.0 Å². The lowest BCUT2D eigenvalue weighted by Crippen LogP contribution is -2.02. The van der Waals surface area contributed by atoms with E-state index in [2.05, 4.69) is 4.74 Å². The average Bonchev–Trinajstić information content (AvgIpc) is 2.38. The molecule has 0 aliphatic carbocycles. The summed E-state index contributed by atoms with van der Waals surface area (Å²) >= 11 is 5.40. The minimum Gasteiger partial charge on any atom is -0.465 e. The van der Waals surface area contributed by atoms with Crippen LogP contribution in [0.2, 0.25) is 0 Å². The fourth-order valence-corrected chi connectivity index (χ4v) is 1.62. The molecule has 0 aromatic heterocycles. The molecule has 0 atom stereocenters. The van der Waals surface area contributed by atoms with Crippen LogP contribution < -0.4 is 0 Å². The Labute approximate surface area is 106 Å². The highest BCUT2D eigenvalue weighted by Crippen LogP contribution is 2.09. The van der Waals surface area contributed by atoms with Crippen LogP contribution in [0.3, 0.4) is 0 Å². The quantitative estimate of drug-likeness (QED) is 0.579. The topological polar surface area (TPSA) is 43.4 Å². The fraction of sp³-hybridized carbons (Fsp3) is 0.385. The van der Waals surface area contributed by atoms with Crippen LogP contribution >= 0.6 is 11.6 Å². The van der Waals surface area contributed by atoms with Crippen molar-refractivity contribution in [3.63, 3.8) is 0 Å². The number of esters is 1. The van der Waals surface area contributed by atoms with Crippen LogP contribution in [0.15, 0.2) is 24.3 Å². The highest BCUT2D eigenvalue weighted by molar-refractivity contribution is 6.27. The van der Waals surface area contributed by atoms with Gasteiger partial charge in [-0.15, -0.1) is 11.6 Å². The molecule has 3 nitrogen and oxygen atoms in total. The van der Waals surface area contributed by atoms with E-state index in [1.807, 2.05) is 12.1 Å². The zero-order chi connectivity index (χ0) is 12.7. The zero-order valence-corrected chi connectivity index (χ0v) is 10.5. The summed E-state index contributed by atoms with van der Waals surface area (Å²) in [6.45, 7) is 0. The molecule has 0 saturated carbocycles. The predicted octanol–water partition coefficient (Wildman–Crippen LogP) is 2.60. The van der Waals surface area contributed by atoms with Gasteiger partial charge in [-0.3, -0.25) is 4.79 Å². The molecular weight excluding hydrogens is 240 g/mol. The molecule has 0 aliphatic heterocycles. The van der Waals surface area contributed by atoms with Crippen LogP contribution in [0.4, 0.5) is 0 Å². The van der Waals surface area contributed by atoms with E-state index in [0.29, 0.717) is 12.0 Å². The Morgan fingerprint density at radius 3 is 2.41 bits per heavy atom. The molecule has 1 aromatic rings. The standard InChI is InChI=1S/C13H15ClO3/c1-17-13(16)11-7-5-10(6-8-11)3-2-4-12(15)9-14/h5-8H,2-4,9H2,1H3. The van der Waals surface area contributed by atoms with Crippen molar-refractivity contribution in [3.05, 3.63) is 35.4 Å². The van der Waals surface area contributed by atoms with Crippen molar-refractivity contribution in [2.45, 2.75) is 19.3 Å². The number of halogens is 1. The van der Waals surface area contributed by atoms with Gasteiger partial charge in [0.15, 0.2) is 0 Å². The van der Waals surface area contributed by atoms with Gasteiger partial charge >= 0.3 is 5.97 Å². The lowest BCUT2D eigenvalue weighted by molar-refractivity contribution is -0.116. The van der Waals surface area contributed by atoms with Crippen LogP contribution in [0, 0.1) is 0 Å². The summed E-state index contributed by atoms with van der Waals surface area (Å²) in [7, 11) is 1.36. The molecule has 0 saturated heterocycles. The van der Waals surface area contributed by atoms with Gasteiger partial charge in [-0.2, -0.15) is 0 Å². The number of alkyl halides is 1. The van der Waals surface area contributed by atoms with Gasteiger partial charge in [0.2, 0.25) is 0 Å².